The van der Waals surface area contributed by atoms with E-state index in [1.165, 1.54) is 11.8 Å². The van der Waals surface area contributed by atoms with Gasteiger partial charge < -0.3 is 14.8 Å². The van der Waals surface area contributed by atoms with Gasteiger partial charge in [0.15, 0.2) is 21.3 Å². The molecule has 0 unspecified atom stereocenters. The van der Waals surface area contributed by atoms with Crippen LogP contribution in [0, 0.1) is 0 Å². The maximum absolute atomic E-state index is 12.9. The lowest BCUT2D eigenvalue weighted by Crippen LogP contribution is -2.27. The van der Waals surface area contributed by atoms with E-state index in [4.69, 9.17) is 9.47 Å². The quantitative estimate of drug-likeness (QED) is 0.802. The summed E-state index contributed by atoms with van der Waals surface area (Å²) in [5, 5.41) is 3.01. The summed E-state index contributed by atoms with van der Waals surface area (Å²) in [5.41, 5.74) is 1.48. The van der Waals surface area contributed by atoms with E-state index in [1.54, 1.807) is 6.07 Å². The number of ether oxygens (including phenoxy) is 2. The summed E-state index contributed by atoms with van der Waals surface area (Å²) < 4.78 is 34.2. The molecule has 8 heteroatoms. The number of amides is 1. The summed E-state index contributed by atoms with van der Waals surface area (Å²) >= 11 is 1.47. The zero-order chi connectivity index (χ0) is 19.7. The molecular weight excluding hydrogens is 398 g/mol. The van der Waals surface area contributed by atoms with Gasteiger partial charge in [0.1, 0.15) is 0 Å². The van der Waals surface area contributed by atoms with Crippen molar-refractivity contribution in [1.82, 2.24) is 5.32 Å². The molecule has 2 aliphatic rings. The van der Waals surface area contributed by atoms with Crippen LogP contribution in [0.3, 0.4) is 0 Å². The highest BCUT2D eigenvalue weighted by atomic mass is 32.2. The van der Waals surface area contributed by atoms with E-state index in [0.717, 1.165) is 10.5 Å². The number of hydrogen-bond donors (Lipinski definition) is 1. The average Bonchev–Trinajstić information content (AvgIpc) is 3.27. The number of nitrogens with one attached hydrogen (secondary N) is 1. The SMILES string of the molecule is C[C@@H](NC(=O)c1ccccc1S[C@@H]1CCS(=O)(=O)C1)c1ccc2c(c1)OCO2. The molecule has 28 heavy (non-hydrogen) atoms. The molecule has 1 saturated heterocycles. The van der Waals surface area contributed by atoms with Crippen LogP contribution in [0.2, 0.25) is 0 Å². The molecular formula is C20H21NO5S2. The van der Waals surface area contributed by atoms with Gasteiger partial charge >= 0.3 is 0 Å². The molecule has 0 bridgehead atoms. The van der Waals surface area contributed by atoms with Gasteiger partial charge in [-0.3, -0.25) is 4.79 Å². The number of thioether (sulfide) groups is 1. The Hall–Kier alpha value is -2.19. The van der Waals surface area contributed by atoms with Crippen molar-refractivity contribution in [3.8, 4) is 11.5 Å². The Bertz CT molecular complexity index is 1010. The maximum atomic E-state index is 12.9. The van der Waals surface area contributed by atoms with Crippen molar-refractivity contribution in [3.05, 3.63) is 53.6 Å². The molecule has 2 atom stereocenters. The van der Waals surface area contributed by atoms with Gasteiger partial charge in [-0.1, -0.05) is 18.2 Å². The first-order chi connectivity index (χ1) is 13.4. The minimum atomic E-state index is -2.95. The molecule has 2 aromatic carbocycles. The smallest absolute Gasteiger partial charge is 0.252 e. The topological polar surface area (TPSA) is 81.7 Å². The summed E-state index contributed by atoms with van der Waals surface area (Å²) in [7, 11) is -2.95. The molecule has 4 rings (SSSR count). The Morgan fingerprint density at radius 3 is 2.75 bits per heavy atom. The van der Waals surface area contributed by atoms with Crippen LogP contribution in [0.1, 0.15) is 35.3 Å². The lowest BCUT2D eigenvalue weighted by atomic mass is 10.1. The molecule has 0 aromatic heterocycles. The first-order valence-corrected chi connectivity index (χ1v) is 11.8. The van der Waals surface area contributed by atoms with Crippen LogP contribution in [0.15, 0.2) is 47.4 Å². The highest BCUT2D eigenvalue weighted by molar-refractivity contribution is 8.02. The zero-order valence-electron chi connectivity index (χ0n) is 15.4. The first kappa shape index (κ1) is 19.1. The van der Waals surface area contributed by atoms with Gasteiger partial charge in [0, 0.05) is 10.1 Å². The van der Waals surface area contributed by atoms with Crippen molar-refractivity contribution in [3.63, 3.8) is 0 Å². The van der Waals surface area contributed by atoms with Crippen LogP contribution in [0.5, 0.6) is 11.5 Å². The standard InChI is InChI=1S/C20H21NO5S2/c1-13(14-6-7-17-18(10-14)26-12-25-17)21-20(22)16-4-2-3-5-19(16)27-15-8-9-28(23,24)11-15/h2-7,10,13,15H,8-9,11-12H2,1H3,(H,21,22)/t13-,15-/m1/s1. The molecule has 1 fully saturated rings. The second-order valence-electron chi connectivity index (χ2n) is 6.95. The van der Waals surface area contributed by atoms with Crippen molar-refractivity contribution < 1.29 is 22.7 Å². The lowest BCUT2D eigenvalue weighted by Gasteiger charge is -2.17. The first-order valence-electron chi connectivity index (χ1n) is 9.08. The van der Waals surface area contributed by atoms with E-state index in [2.05, 4.69) is 5.32 Å². The third kappa shape index (κ3) is 4.12. The van der Waals surface area contributed by atoms with Crippen molar-refractivity contribution in [2.24, 2.45) is 0 Å². The van der Waals surface area contributed by atoms with Crippen LogP contribution in [-0.4, -0.2) is 37.9 Å². The molecule has 2 aliphatic heterocycles. The van der Waals surface area contributed by atoms with Gasteiger partial charge in [0.05, 0.1) is 23.1 Å². The number of carbonyl (C=O) groups excluding carboxylic acids is 1. The Labute approximate surface area is 168 Å². The largest absolute Gasteiger partial charge is 0.454 e. The molecule has 6 nitrogen and oxygen atoms in total. The molecule has 148 valence electrons. The summed E-state index contributed by atoms with van der Waals surface area (Å²) in [6, 6.07) is 12.7. The minimum absolute atomic E-state index is 0.00904. The predicted octanol–water partition coefficient (Wildman–Crippen LogP) is 3.19. The number of carbonyl (C=O) groups is 1. The Kier molecular flexibility index (Phi) is 5.25. The van der Waals surface area contributed by atoms with Gasteiger partial charge in [0.25, 0.3) is 5.91 Å². The van der Waals surface area contributed by atoms with Crippen LogP contribution in [0.4, 0.5) is 0 Å². The van der Waals surface area contributed by atoms with E-state index >= 15 is 0 Å². The van der Waals surface area contributed by atoms with Gasteiger partial charge in [0.2, 0.25) is 6.79 Å². The maximum Gasteiger partial charge on any atom is 0.252 e. The van der Waals surface area contributed by atoms with E-state index in [0.29, 0.717) is 23.5 Å². The summed E-state index contributed by atoms with van der Waals surface area (Å²) in [6.45, 7) is 2.12. The minimum Gasteiger partial charge on any atom is -0.454 e. The van der Waals surface area contributed by atoms with Crippen molar-refractivity contribution in [2.75, 3.05) is 18.3 Å². The summed E-state index contributed by atoms with van der Waals surface area (Å²) in [4.78, 5) is 13.7. The zero-order valence-corrected chi connectivity index (χ0v) is 17.0. The highest BCUT2D eigenvalue weighted by Crippen LogP contribution is 2.35. The third-order valence-corrected chi connectivity index (χ3v) is 8.18. The number of sulfone groups is 1. The number of benzene rings is 2. The molecule has 2 aromatic rings. The summed E-state index contributed by atoms with van der Waals surface area (Å²) in [6.07, 6.45) is 0.622. The van der Waals surface area contributed by atoms with Gasteiger partial charge in [-0.2, -0.15) is 0 Å². The van der Waals surface area contributed by atoms with E-state index in [9.17, 15) is 13.2 Å². The molecule has 0 radical (unpaired) electrons. The molecule has 0 spiro atoms. The highest BCUT2D eigenvalue weighted by Gasteiger charge is 2.29. The predicted molar refractivity (Wildman–Crippen MR) is 108 cm³/mol. The molecule has 1 amide bonds. The third-order valence-electron chi connectivity index (χ3n) is 4.86. The number of hydrogen-bond acceptors (Lipinski definition) is 6. The van der Waals surface area contributed by atoms with E-state index < -0.39 is 9.84 Å². The second kappa shape index (κ2) is 7.67. The Morgan fingerprint density at radius 1 is 1.18 bits per heavy atom. The van der Waals surface area contributed by atoms with Crippen molar-refractivity contribution in [1.29, 1.82) is 0 Å². The fourth-order valence-corrected chi connectivity index (χ4v) is 6.96. The number of rotatable bonds is 5. The van der Waals surface area contributed by atoms with Gasteiger partial charge in [-0.25, -0.2) is 8.42 Å². The monoisotopic (exact) mass is 419 g/mol. The van der Waals surface area contributed by atoms with Crippen LogP contribution < -0.4 is 14.8 Å². The number of fused-ring (bicyclic) bond motifs is 1. The van der Waals surface area contributed by atoms with Crippen molar-refractivity contribution in [2.45, 2.75) is 29.5 Å². The van der Waals surface area contributed by atoms with Crippen LogP contribution in [-0.2, 0) is 9.84 Å². The van der Waals surface area contributed by atoms with Gasteiger partial charge in [-0.15, -0.1) is 11.8 Å². The van der Waals surface area contributed by atoms with Crippen LogP contribution >= 0.6 is 11.8 Å². The van der Waals surface area contributed by atoms with Crippen LogP contribution in [0.25, 0.3) is 0 Å². The normalized spacial score (nSPS) is 20.7. The molecule has 0 aliphatic carbocycles. The van der Waals surface area contributed by atoms with E-state index in [-0.39, 0.29) is 35.5 Å². The van der Waals surface area contributed by atoms with Crippen molar-refractivity contribution >= 4 is 27.5 Å². The fraction of sp³-hybridized carbons (Fsp3) is 0.350. The van der Waals surface area contributed by atoms with E-state index in [1.807, 2.05) is 43.3 Å². The Morgan fingerprint density at radius 2 is 1.96 bits per heavy atom. The molecule has 2 heterocycles. The average molecular weight is 420 g/mol. The molecule has 1 N–H and O–H groups in total. The molecule has 0 saturated carbocycles. The second-order valence-corrected chi connectivity index (χ2v) is 10.5. The lowest BCUT2D eigenvalue weighted by molar-refractivity contribution is 0.0937. The summed E-state index contributed by atoms with van der Waals surface area (Å²) in [5.74, 6) is 1.59. The fourth-order valence-electron chi connectivity index (χ4n) is 3.33. The Balaban J connectivity index is 1.47. The van der Waals surface area contributed by atoms with Gasteiger partial charge in [-0.05, 0) is 43.2 Å².